The van der Waals surface area contributed by atoms with Crippen molar-refractivity contribution in [1.82, 2.24) is 4.90 Å². The van der Waals surface area contributed by atoms with Crippen molar-refractivity contribution in [2.24, 2.45) is 0 Å². The van der Waals surface area contributed by atoms with Crippen LogP contribution in [0.4, 0.5) is 0 Å². The Morgan fingerprint density at radius 3 is 2.32 bits per heavy atom. The zero-order chi connectivity index (χ0) is 18.1. The molecule has 0 spiro atoms. The smallest absolute Gasteiger partial charge is 0.307 e. The Kier molecular flexibility index (Phi) is 7.20. The minimum atomic E-state index is -0.273. The van der Waals surface area contributed by atoms with Crippen LogP contribution in [0.3, 0.4) is 0 Å². The number of nitrogens with zero attached hydrogens (tertiary/aromatic N) is 1. The van der Waals surface area contributed by atoms with Crippen LogP contribution in [0.15, 0.2) is 54.6 Å². The molecule has 0 N–H and O–H groups in total. The molecule has 2 aromatic rings. The molecule has 0 bridgehead atoms. The summed E-state index contributed by atoms with van der Waals surface area (Å²) in [5.41, 5.74) is 2.79. The standard InChI is InChI=1S/C21H25NO3/c1-3-25-20(23)14-16-22(15-13-18-10-5-4-6-11-18)21(24)19-12-8-7-9-17(19)2/h4-12H,3,13-16H2,1-2H3. The van der Waals surface area contributed by atoms with Gasteiger partial charge >= 0.3 is 5.97 Å². The van der Waals surface area contributed by atoms with Crippen molar-refractivity contribution < 1.29 is 14.3 Å². The van der Waals surface area contributed by atoms with Gasteiger partial charge in [-0.3, -0.25) is 9.59 Å². The summed E-state index contributed by atoms with van der Waals surface area (Å²) < 4.78 is 4.99. The molecular weight excluding hydrogens is 314 g/mol. The highest BCUT2D eigenvalue weighted by Crippen LogP contribution is 2.12. The second-order valence-electron chi connectivity index (χ2n) is 5.90. The summed E-state index contributed by atoms with van der Waals surface area (Å²) in [6.45, 7) is 4.99. The second kappa shape index (κ2) is 9.62. The van der Waals surface area contributed by atoms with Crippen molar-refractivity contribution in [2.75, 3.05) is 19.7 Å². The van der Waals surface area contributed by atoms with E-state index in [9.17, 15) is 9.59 Å². The molecule has 2 aromatic carbocycles. The van der Waals surface area contributed by atoms with Crippen LogP contribution in [0.25, 0.3) is 0 Å². The van der Waals surface area contributed by atoms with Crippen LogP contribution in [0.5, 0.6) is 0 Å². The number of hydrogen-bond acceptors (Lipinski definition) is 3. The lowest BCUT2D eigenvalue weighted by Crippen LogP contribution is -2.35. The summed E-state index contributed by atoms with van der Waals surface area (Å²) in [7, 11) is 0. The van der Waals surface area contributed by atoms with Crippen LogP contribution in [-0.2, 0) is 16.0 Å². The molecule has 1 amide bonds. The fraction of sp³-hybridized carbons (Fsp3) is 0.333. The third-order valence-corrected chi connectivity index (χ3v) is 4.07. The Bertz CT molecular complexity index is 697. The maximum atomic E-state index is 12.9. The van der Waals surface area contributed by atoms with E-state index in [4.69, 9.17) is 4.74 Å². The zero-order valence-corrected chi connectivity index (χ0v) is 14.9. The number of carbonyl (C=O) groups is 2. The molecule has 0 atom stereocenters. The number of amides is 1. The molecule has 0 aliphatic carbocycles. The van der Waals surface area contributed by atoms with Crippen LogP contribution >= 0.6 is 0 Å². The highest BCUT2D eigenvalue weighted by molar-refractivity contribution is 5.95. The molecule has 0 radical (unpaired) electrons. The van der Waals surface area contributed by atoms with E-state index in [1.807, 2.05) is 61.5 Å². The first-order valence-electron chi connectivity index (χ1n) is 8.66. The van der Waals surface area contributed by atoms with Crippen molar-refractivity contribution in [1.29, 1.82) is 0 Å². The zero-order valence-electron chi connectivity index (χ0n) is 14.9. The van der Waals surface area contributed by atoms with Gasteiger partial charge in [-0.15, -0.1) is 0 Å². The van der Waals surface area contributed by atoms with Crippen molar-refractivity contribution >= 4 is 11.9 Å². The summed E-state index contributed by atoms with van der Waals surface area (Å²) in [4.78, 5) is 26.4. The van der Waals surface area contributed by atoms with Gasteiger partial charge in [-0.1, -0.05) is 48.5 Å². The van der Waals surface area contributed by atoms with Gasteiger partial charge in [-0.05, 0) is 37.5 Å². The maximum absolute atomic E-state index is 12.9. The van der Waals surface area contributed by atoms with Gasteiger partial charge in [-0.25, -0.2) is 0 Å². The van der Waals surface area contributed by atoms with Gasteiger partial charge in [0.25, 0.3) is 5.91 Å². The van der Waals surface area contributed by atoms with E-state index in [0.29, 0.717) is 25.3 Å². The Morgan fingerprint density at radius 1 is 0.960 bits per heavy atom. The maximum Gasteiger partial charge on any atom is 0.307 e. The second-order valence-corrected chi connectivity index (χ2v) is 5.90. The van der Waals surface area contributed by atoms with Gasteiger partial charge in [0, 0.05) is 18.7 Å². The molecular formula is C21H25NO3. The van der Waals surface area contributed by atoms with E-state index in [0.717, 1.165) is 12.0 Å². The SMILES string of the molecule is CCOC(=O)CCN(CCc1ccccc1)C(=O)c1ccccc1C. The van der Waals surface area contributed by atoms with Gasteiger partial charge in [0.1, 0.15) is 0 Å². The highest BCUT2D eigenvalue weighted by atomic mass is 16.5. The lowest BCUT2D eigenvalue weighted by Gasteiger charge is -2.23. The average Bonchev–Trinajstić information content (AvgIpc) is 2.63. The predicted molar refractivity (Wildman–Crippen MR) is 98.5 cm³/mol. The molecule has 0 aromatic heterocycles. The molecule has 132 valence electrons. The minimum absolute atomic E-state index is 0.0432. The van der Waals surface area contributed by atoms with Gasteiger partial charge < -0.3 is 9.64 Å². The number of carbonyl (C=O) groups excluding carboxylic acids is 2. The van der Waals surface area contributed by atoms with E-state index in [-0.39, 0.29) is 18.3 Å². The van der Waals surface area contributed by atoms with Crippen molar-refractivity contribution in [3.05, 3.63) is 71.3 Å². The Balaban J connectivity index is 2.09. The molecule has 4 nitrogen and oxygen atoms in total. The lowest BCUT2D eigenvalue weighted by molar-refractivity contribution is -0.143. The van der Waals surface area contributed by atoms with Crippen LogP contribution in [0.2, 0.25) is 0 Å². The third-order valence-electron chi connectivity index (χ3n) is 4.07. The van der Waals surface area contributed by atoms with Crippen LogP contribution < -0.4 is 0 Å². The van der Waals surface area contributed by atoms with E-state index in [2.05, 4.69) is 0 Å². The van der Waals surface area contributed by atoms with Crippen molar-refractivity contribution in [3.8, 4) is 0 Å². The predicted octanol–water partition coefficient (Wildman–Crippen LogP) is 3.63. The molecule has 0 aliphatic heterocycles. The van der Waals surface area contributed by atoms with Crippen LogP contribution in [0, 0.1) is 6.92 Å². The fourth-order valence-corrected chi connectivity index (χ4v) is 2.67. The van der Waals surface area contributed by atoms with E-state index < -0.39 is 0 Å². The molecule has 0 saturated carbocycles. The molecule has 25 heavy (non-hydrogen) atoms. The number of esters is 1. The first-order chi connectivity index (χ1) is 12.1. The van der Waals surface area contributed by atoms with Crippen LogP contribution in [0.1, 0.15) is 34.8 Å². The first-order valence-corrected chi connectivity index (χ1v) is 8.66. The lowest BCUT2D eigenvalue weighted by atomic mass is 10.1. The number of benzene rings is 2. The van der Waals surface area contributed by atoms with Crippen molar-refractivity contribution in [3.63, 3.8) is 0 Å². The van der Waals surface area contributed by atoms with E-state index >= 15 is 0 Å². The molecule has 0 aliphatic rings. The Hall–Kier alpha value is -2.62. The van der Waals surface area contributed by atoms with Gasteiger partial charge in [0.15, 0.2) is 0 Å². The molecule has 0 fully saturated rings. The summed E-state index contributed by atoms with van der Waals surface area (Å²) in [6.07, 6.45) is 0.960. The number of hydrogen-bond donors (Lipinski definition) is 0. The van der Waals surface area contributed by atoms with E-state index in [1.165, 1.54) is 5.56 Å². The fourth-order valence-electron chi connectivity index (χ4n) is 2.67. The van der Waals surface area contributed by atoms with Crippen molar-refractivity contribution in [2.45, 2.75) is 26.7 Å². The minimum Gasteiger partial charge on any atom is -0.466 e. The first kappa shape index (κ1) is 18.7. The topological polar surface area (TPSA) is 46.6 Å². The Labute approximate surface area is 149 Å². The quantitative estimate of drug-likeness (QED) is 0.690. The van der Waals surface area contributed by atoms with Gasteiger partial charge in [-0.2, -0.15) is 0 Å². The summed E-state index contributed by atoms with van der Waals surface area (Å²) >= 11 is 0. The molecule has 2 rings (SSSR count). The largest absolute Gasteiger partial charge is 0.466 e. The van der Waals surface area contributed by atoms with Gasteiger partial charge in [0.2, 0.25) is 0 Å². The third kappa shape index (κ3) is 5.75. The summed E-state index contributed by atoms with van der Waals surface area (Å²) in [6, 6.07) is 17.6. The molecule has 4 heteroatoms. The van der Waals surface area contributed by atoms with Gasteiger partial charge in [0.05, 0.1) is 13.0 Å². The van der Waals surface area contributed by atoms with Crippen LogP contribution in [-0.4, -0.2) is 36.5 Å². The molecule has 0 unspecified atom stereocenters. The number of rotatable bonds is 8. The summed E-state index contributed by atoms with van der Waals surface area (Å²) in [5.74, 6) is -0.317. The summed E-state index contributed by atoms with van der Waals surface area (Å²) in [5, 5.41) is 0. The Morgan fingerprint density at radius 2 is 1.64 bits per heavy atom. The molecule has 0 heterocycles. The number of ether oxygens (including phenoxy) is 1. The normalized spacial score (nSPS) is 10.3. The average molecular weight is 339 g/mol. The van der Waals surface area contributed by atoms with E-state index in [1.54, 1.807) is 11.8 Å². The highest BCUT2D eigenvalue weighted by Gasteiger charge is 2.18. The number of aryl methyl sites for hydroxylation is 1. The monoisotopic (exact) mass is 339 g/mol. The molecule has 0 saturated heterocycles.